The minimum absolute atomic E-state index is 0.155. The van der Waals surface area contributed by atoms with Gasteiger partial charge in [-0.05, 0) is 24.5 Å². The normalized spacial score (nSPS) is 19.0. The Balaban J connectivity index is 1.63. The van der Waals surface area contributed by atoms with Crippen molar-refractivity contribution in [3.05, 3.63) is 42.7 Å². The summed E-state index contributed by atoms with van der Waals surface area (Å²) in [5.41, 5.74) is 0.959. The molecule has 0 saturated carbocycles. The molecule has 0 aliphatic carbocycles. The van der Waals surface area contributed by atoms with Crippen LogP contribution in [0.1, 0.15) is 24.4 Å². The van der Waals surface area contributed by atoms with Crippen molar-refractivity contribution in [2.24, 2.45) is 0 Å². The Morgan fingerprint density at radius 1 is 1.40 bits per heavy atom. The van der Waals surface area contributed by atoms with E-state index in [0.29, 0.717) is 13.0 Å². The highest BCUT2D eigenvalue weighted by Crippen LogP contribution is 2.20. The lowest BCUT2D eigenvalue weighted by atomic mass is 10.0. The smallest absolute Gasteiger partial charge is 0.227 e. The number of hydrogen-bond donors (Lipinski definition) is 0. The zero-order valence-corrected chi connectivity index (χ0v) is 11.2. The van der Waals surface area contributed by atoms with E-state index in [1.807, 2.05) is 21.7 Å². The third-order valence-electron chi connectivity index (χ3n) is 3.64. The molecule has 1 atom stereocenters. The van der Waals surface area contributed by atoms with Gasteiger partial charge in [0.2, 0.25) is 5.91 Å². The van der Waals surface area contributed by atoms with E-state index in [0.717, 1.165) is 24.9 Å². The molecule has 1 fully saturated rings. The largest absolute Gasteiger partial charge is 0.340 e. The molecule has 2 aromatic rings. The summed E-state index contributed by atoms with van der Waals surface area (Å²) in [4.78, 5) is 22.3. The van der Waals surface area contributed by atoms with Crippen LogP contribution in [0.2, 0.25) is 0 Å². The monoisotopic (exact) mass is 271 g/mol. The molecule has 1 saturated heterocycles. The molecule has 0 spiro atoms. The maximum absolute atomic E-state index is 12.3. The molecule has 20 heavy (non-hydrogen) atoms. The first-order valence-corrected chi connectivity index (χ1v) is 6.84. The fourth-order valence-electron chi connectivity index (χ4n) is 2.59. The number of piperidine rings is 1. The van der Waals surface area contributed by atoms with E-state index in [1.165, 1.54) is 6.33 Å². The van der Waals surface area contributed by atoms with E-state index in [1.54, 1.807) is 18.7 Å². The van der Waals surface area contributed by atoms with Crippen molar-refractivity contribution >= 4 is 5.91 Å². The van der Waals surface area contributed by atoms with Gasteiger partial charge in [-0.25, -0.2) is 9.67 Å². The van der Waals surface area contributed by atoms with Crippen LogP contribution in [-0.4, -0.2) is 43.6 Å². The van der Waals surface area contributed by atoms with Crippen molar-refractivity contribution < 1.29 is 4.79 Å². The molecular weight excluding hydrogens is 254 g/mol. The Kier molecular flexibility index (Phi) is 3.71. The Morgan fingerprint density at radius 3 is 3.10 bits per heavy atom. The highest BCUT2D eigenvalue weighted by atomic mass is 16.2. The number of pyridine rings is 1. The summed E-state index contributed by atoms with van der Waals surface area (Å²) in [6.07, 6.45) is 9.18. The van der Waals surface area contributed by atoms with Crippen LogP contribution in [-0.2, 0) is 11.2 Å². The number of aromatic nitrogens is 4. The van der Waals surface area contributed by atoms with Gasteiger partial charge < -0.3 is 4.90 Å². The molecule has 104 valence electrons. The molecule has 3 heterocycles. The molecule has 0 radical (unpaired) electrons. The molecule has 0 N–H and O–H groups in total. The second-order valence-corrected chi connectivity index (χ2v) is 5.05. The maximum atomic E-state index is 12.3. The molecule has 3 rings (SSSR count). The summed E-state index contributed by atoms with van der Waals surface area (Å²) < 4.78 is 1.85. The van der Waals surface area contributed by atoms with Gasteiger partial charge in [0.15, 0.2) is 0 Å². The van der Waals surface area contributed by atoms with Crippen LogP contribution < -0.4 is 0 Å². The highest BCUT2D eigenvalue weighted by molar-refractivity contribution is 5.78. The summed E-state index contributed by atoms with van der Waals surface area (Å²) in [6, 6.07) is 4.03. The Labute approximate surface area is 117 Å². The van der Waals surface area contributed by atoms with Crippen molar-refractivity contribution in [3.8, 4) is 0 Å². The molecule has 0 unspecified atom stereocenters. The van der Waals surface area contributed by atoms with E-state index >= 15 is 0 Å². The van der Waals surface area contributed by atoms with E-state index in [2.05, 4.69) is 15.1 Å². The maximum Gasteiger partial charge on any atom is 0.227 e. The van der Waals surface area contributed by atoms with Crippen molar-refractivity contribution in [1.82, 2.24) is 24.6 Å². The van der Waals surface area contributed by atoms with Crippen LogP contribution >= 0.6 is 0 Å². The zero-order valence-electron chi connectivity index (χ0n) is 11.2. The number of likely N-dealkylation sites (tertiary alicyclic amines) is 1. The van der Waals surface area contributed by atoms with Crippen LogP contribution in [0.15, 0.2) is 37.2 Å². The van der Waals surface area contributed by atoms with Crippen molar-refractivity contribution in [1.29, 1.82) is 0 Å². The first-order chi connectivity index (χ1) is 9.83. The topological polar surface area (TPSA) is 63.9 Å². The van der Waals surface area contributed by atoms with Gasteiger partial charge in [0.05, 0.1) is 12.5 Å². The summed E-state index contributed by atoms with van der Waals surface area (Å²) in [6.45, 7) is 1.53. The van der Waals surface area contributed by atoms with Crippen molar-refractivity contribution in [2.75, 3.05) is 13.1 Å². The second-order valence-electron chi connectivity index (χ2n) is 5.05. The summed E-state index contributed by atoms with van der Waals surface area (Å²) in [5.74, 6) is 0.155. The van der Waals surface area contributed by atoms with Gasteiger partial charge in [-0.15, -0.1) is 0 Å². The second kappa shape index (κ2) is 5.81. The lowest BCUT2D eigenvalue weighted by molar-refractivity contribution is -0.132. The fourth-order valence-corrected chi connectivity index (χ4v) is 2.59. The number of nitrogens with zero attached hydrogens (tertiary/aromatic N) is 5. The summed E-state index contributed by atoms with van der Waals surface area (Å²) in [7, 11) is 0. The minimum atomic E-state index is 0.155. The van der Waals surface area contributed by atoms with E-state index in [4.69, 9.17) is 0 Å². The highest BCUT2D eigenvalue weighted by Gasteiger charge is 2.25. The van der Waals surface area contributed by atoms with Crippen LogP contribution in [0.25, 0.3) is 0 Å². The van der Waals surface area contributed by atoms with Gasteiger partial charge in [0, 0.05) is 25.5 Å². The first kappa shape index (κ1) is 12.8. The molecule has 1 amide bonds. The van der Waals surface area contributed by atoms with E-state index < -0.39 is 0 Å². The fraction of sp³-hybridized carbons (Fsp3) is 0.429. The van der Waals surface area contributed by atoms with Crippen LogP contribution in [0, 0.1) is 0 Å². The summed E-state index contributed by atoms with van der Waals surface area (Å²) >= 11 is 0. The number of carbonyl (C=O) groups excluding carboxylic acids is 1. The predicted octanol–water partition coefficient (Wildman–Crippen LogP) is 1.08. The number of rotatable bonds is 3. The summed E-state index contributed by atoms with van der Waals surface area (Å²) in [5, 5.41) is 4.18. The average molecular weight is 271 g/mol. The molecule has 2 aromatic heterocycles. The van der Waals surface area contributed by atoms with Crippen LogP contribution in [0.4, 0.5) is 0 Å². The third kappa shape index (κ3) is 2.84. The van der Waals surface area contributed by atoms with Crippen molar-refractivity contribution in [2.45, 2.75) is 25.3 Å². The predicted molar refractivity (Wildman–Crippen MR) is 72.8 cm³/mol. The van der Waals surface area contributed by atoms with Gasteiger partial charge in [0.25, 0.3) is 0 Å². The molecule has 1 aliphatic heterocycles. The SMILES string of the molecule is O=C(Cc1cccnc1)N1CCC[C@@H](n2cncn2)C1. The number of carbonyl (C=O) groups is 1. The minimum Gasteiger partial charge on any atom is -0.340 e. The van der Waals surface area contributed by atoms with Gasteiger partial charge >= 0.3 is 0 Å². The standard InChI is InChI=1S/C14H17N5O/c20-14(7-12-3-1-5-15-8-12)18-6-2-4-13(9-18)19-11-16-10-17-19/h1,3,5,8,10-11,13H,2,4,6-7,9H2/t13-/m1/s1. The van der Waals surface area contributed by atoms with Gasteiger partial charge in [-0.3, -0.25) is 9.78 Å². The Hall–Kier alpha value is -2.24. The molecule has 0 bridgehead atoms. The van der Waals surface area contributed by atoms with Crippen LogP contribution in [0.5, 0.6) is 0 Å². The molecule has 1 aliphatic rings. The number of amides is 1. The quantitative estimate of drug-likeness (QED) is 0.838. The van der Waals surface area contributed by atoms with Crippen molar-refractivity contribution in [3.63, 3.8) is 0 Å². The third-order valence-corrected chi connectivity index (χ3v) is 3.64. The molecular formula is C14H17N5O. The van der Waals surface area contributed by atoms with Gasteiger partial charge in [-0.1, -0.05) is 6.07 Å². The van der Waals surface area contributed by atoms with Crippen LogP contribution in [0.3, 0.4) is 0 Å². The van der Waals surface area contributed by atoms with E-state index in [9.17, 15) is 4.79 Å². The Bertz CT molecular complexity index is 554. The van der Waals surface area contributed by atoms with Gasteiger partial charge in [0.1, 0.15) is 12.7 Å². The first-order valence-electron chi connectivity index (χ1n) is 6.84. The zero-order chi connectivity index (χ0) is 13.8. The Morgan fingerprint density at radius 2 is 2.35 bits per heavy atom. The lowest BCUT2D eigenvalue weighted by Gasteiger charge is -2.32. The van der Waals surface area contributed by atoms with E-state index in [-0.39, 0.29) is 11.9 Å². The molecule has 6 heteroatoms. The molecule has 0 aromatic carbocycles. The number of hydrogen-bond acceptors (Lipinski definition) is 4. The average Bonchev–Trinajstić information content (AvgIpc) is 3.03. The van der Waals surface area contributed by atoms with Gasteiger partial charge in [-0.2, -0.15) is 5.10 Å². The molecule has 6 nitrogen and oxygen atoms in total. The lowest BCUT2D eigenvalue weighted by Crippen LogP contribution is -2.41.